The summed E-state index contributed by atoms with van der Waals surface area (Å²) >= 11 is 0. The molecule has 0 aliphatic heterocycles. The zero-order valence-corrected chi connectivity index (χ0v) is 10.8. The van der Waals surface area contributed by atoms with Gasteiger partial charge in [0.2, 0.25) is 5.76 Å². The Balaban J connectivity index is 1.82. The van der Waals surface area contributed by atoms with Crippen molar-refractivity contribution in [1.29, 1.82) is 0 Å². The molecule has 0 radical (unpaired) electrons. The first-order chi connectivity index (χ1) is 8.66. The first kappa shape index (κ1) is 13.1. The quantitative estimate of drug-likeness (QED) is 0.843. The van der Waals surface area contributed by atoms with Gasteiger partial charge in [0.15, 0.2) is 0 Å². The fourth-order valence-corrected chi connectivity index (χ4v) is 2.54. The predicted octanol–water partition coefficient (Wildman–Crippen LogP) is 3.21. The van der Waals surface area contributed by atoms with E-state index in [1.807, 2.05) is 6.92 Å². The molecule has 1 aromatic rings. The molecule has 1 aliphatic carbocycles. The molecule has 1 aromatic heterocycles. The summed E-state index contributed by atoms with van der Waals surface area (Å²) in [5.41, 5.74) is 0. The fourth-order valence-electron chi connectivity index (χ4n) is 2.54. The van der Waals surface area contributed by atoms with Gasteiger partial charge in [-0.15, -0.1) is 0 Å². The highest BCUT2D eigenvalue weighted by Crippen LogP contribution is 2.24. The van der Waals surface area contributed by atoms with E-state index < -0.39 is 5.97 Å². The Morgan fingerprint density at radius 2 is 2.17 bits per heavy atom. The molecule has 1 saturated carbocycles. The zero-order chi connectivity index (χ0) is 13.0. The van der Waals surface area contributed by atoms with E-state index in [-0.39, 0.29) is 11.8 Å². The van der Waals surface area contributed by atoms with Gasteiger partial charge in [0, 0.05) is 0 Å². The summed E-state index contributed by atoms with van der Waals surface area (Å²) in [6.07, 6.45) is 6.65. The molecule has 100 valence electrons. The minimum atomic E-state index is -1.01. The molecule has 2 N–H and O–H groups in total. The number of furan rings is 1. The van der Waals surface area contributed by atoms with Crippen molar-refractivity contribution >= 4 is 5.97 Å². The second-order valence-electron chi connectivity index (χ2n) is 5.14. The third kappa shape index (κ3) is 3.35. The second-order valence-corrected chi connectivity index (χ2v) is 5.14. The van der Waals surface area contributed by atoms with Gasteiger partial charge in [-0.25, -0.2) is 4.79 Å². The van der Waals surface area contributed by atoms with E-state index in [0.717, 1.165) is 12.5 Å². The number of carboxylic acids is 1. The summed E-state index contributed by atoms with van der Waals surface area (Å²) < 4.78 is 5.28. The number of nitrogens with one attached hydrogen (secondary N) is 1. The molecule has 1 aliphatic rings. The van der Waals surface area contributed by atoms with Crippen LogP contribution < -0.4 is 5.32 Å². The van der Waals surface area contributed by atoms with Gasteiger partial charge in [0.1, 0.15) is 5.76 Å². The Kier molecular flexibility index (Phi) is 4.42. The zero-order valence-electron chi connectivity index (χ0n) is 10.8. The van der Waals surface area contributed by atoms with Gasteiger partial charge in [-0.1, -0.05) is 19.3 Å². The van der Waals surface area contributed by atoms with Crippen molar-refractivity contribution in [3.05, 3.63) is 23.7 Å². The summed E-state index contributed by atoms with van der Waals surface area (Å²) in [5.74, 6) is 0.454. The number of carbonyl (C=O) groups is 1. The normalized spacial score (nSPS) is 18.7. The molecule has 18 heavy (non-hydrogen) atoms. The van der Waals surface area contributed by atoms with E-state index >= 15 is 0 Å². The minimum absolute atomic E-state index is 0.0105. The topological polar surface area (TPSA) is 62.5 Å². The van der Waals surface area contributed by atoms with Crippen molar-refractivity contribution in [3.8, 4) is 0 Å². The van der Waals surface area contributed by atoms with Crippen LogP contribution in [0.15, 0.2) is 16.5 Å². The van der Waals surface area contributed by atoms with Crippen LogP contribution in [0, 0.1) is 5.92 Å². The third-order valence-electron chi connectivity index (χ3n) is 3.70. The average molecular weight is 251 g/mol. The summed E-state index contributed by atoms with van der Waals surface area (Å²) in [6, 6.07) is 3.32. The van der Waals surface area contributed by atoms with Gasteiger partial charge in [-0.3, -0.25) is 0 Å². The molecule has 1 atom stereocenters. The van der Waals surface area contributed by atoms with Crippen molar-refractivity contribution in [2.45, 2.75) is 45.1 Å². The fraction of sp³-hybridized carbons (Fsp3) is 0.643. The van der Waals surface area contributed by atoms with Gasteiger partial charge in [-0.05, 0) is 44.4 Å². The summed E-state index contributed by atoms with van der Waals surface area (Å²) in [7, 11) is 0. The maximum Gasteiger partial charge on any atom is 0.371 e. The van der Waals surface area contributed by atoms with Gasteiger partial charge < -0.3 is 14.8 Å². The lowest BCUT2D eigenvalue weighted by molar-refractivity contribution is 0.0659. The molecule has 4 heteroatoms. The van der Waals surface area contributed by atoms with E-state index in [0.29, 0.717) is 5.76 Å². The monoisotopic (exact) mass is 251 g/mol. The highest BCUT2D eigenvalue weighted by atomic mass is 16.4. The molecule has 2 rings (SSSR count). The molecular formula is C14H21NO3. The van der Waals surface area contributed by atoms with Crippen LogP contribution in [0.5, 0.6) is 0 Å². The van der Waals surface area contributed by atoms with Crippen LogP contribution in [0.25, 0.3) is 0 Å². The smallest absolute Gasteiger partial charge is 0.371 e. The van der Waals surface area contributed by atoms with Crippen molar-refractivity contribution in [1.82, 2.24) is 5.32 Å². The van der Waals surface area contributed by atoms with E-state index in [9.17, 15) is 4.79 Å². The first-order valence-corrected chi connectivity index (χ1v) is 6.73. The molecule has 0 amide bonds. The Morgan fingerprint density at radius 1 is 1.44 bits per heavy atom. The predicted molar refractivity (Wildman–Crippen MR) is 68.7 cm³/mol. The maximum absolute atomic E-state index is 10.7. The molecule has 1 unspecified atom stereocenters. The Bertz CT molecular complexity index is 393. The molecule has 1 fully saturated rings. The molecule has 0 bridgehead atoms. The van der Waals surface area contributed by atoms with Crippen molar-refractivity contribution in [3.63, 3.8) is 0 Å². The molecule has 0 aromatic carbocycles. The van der Waals surface area contributed by atoms with Gasteiger partial charge in [0.25, 0.3) is 0 Å². The van der Waals surface area contributed by atoms with E-state index in [2.05, 4.69) is 5.32 Å². The van der Waals surface area contributed by atoms with E-state index in [4.69, 9.17) is 9.52 Å². The first-order valence-electron chi connectivity index (χ1n) is 6.73. The maximum atomic E-state index is 10.7. The van der Waals surface area contributed by atoms with Crippen LogP contribution in [0.1, 0.15) is 61.4 Å². The Hall–Kier alpha value is -1.29. The second kappa shape index (κ2) is 6.05. The molecule has 0 spiro atoms. The summed E-state index contributed by atoms with van der Waals surface area (Å²) in [6.45, 7) is 3.00. The Morgan fingerprint density at radius 3 is 2.78 bits per heavy atom. The number of rotatable bonds is 5. The number of hydrogen-bond donors (Lipinski definition) is 2. The number of hydrogen-bond acceptors (Lipinski definition) is 3. The van der Waals surface area contributed by atoms with Crippen LogP contribution >= 0.6 is 0 Å². The largest absolute Gasteiger partial charge is 0.475 e. The standard InChI is InChI=1S/C14H21NO3/c1-10(12-7-8-13(18-12)14(16)17)15-9-11-5-3-2-4-6-11/h7-8,10-11,15H,2-6,9H2,1H3,(H,16,17). The van der Waals surface area contributed by atoms with E-state index in [1.54, 1.807) is 6.07 Å². The lowest BCUT2D eigenvalue weighted by Gasteiger charge is -2.23. The molecular weight excluding hydrogens is 230 g/mol. The molecule has 0 saturated heterocycles. The third-order valence-corrected chi connectivity index (χ3v) is 3.70. The van der Waals surface area contributed by atoms with Gasteiger partial charge in [0.05, 0.1) is 6.04 Å². The molecule has 4 nitrogen and oxygen atoms in total. The van der Waals surface area contributed by atoms with Crippen LogP contribution in [0.3, 0.4) is 0 Å². The van der Waals surface area contributed by atoms with Gasteiger partial charge >= 0.3 is 5.97 Å². The van der Waals surface area contributed by atoms with Crippen LogP contribution in [0.4, 0.5) is 0 Å². The summed E-state index contributed by atoms with van der Waals surface area (Å²) in [4.78, 5) is 10.7. The lowest BCUT2D eigenvalue weighted by atomic mass is 9.89. The highest BCUT2D eigenvalue weighted by Gasteiger charge is 2.17. The lowest BCUT2D eigenvalue weighted by Crippen LogP contribution is -2.26. The van der Waals surface area contributed by atoms with Crippen molar-refractivity contribution in [2.75, 3.05) is 6.54 Å². The average Bonchev–Trinajstić information content (AvgIpc) is 2.87. The SMILES string of the molecule is CC(NCC1CCCCC1)c1ccc(C(=O)O)o1. The molecule has 1 heterocycles. The van der Waals surface area contributed by atoms with Crippen molar-refractivity contribution in [2.24, 2.45) is 5.92 Å². The number of carboxylic acid groups (broad SMARTS) is 1. The van der Waals surface area contributed by atoms with Crippen LogP contribution in [-0.4, -0.2) is 17.6 Å². The minimum Gasteiger partial charge on any atom is -0.475 e. The van der Waals surface area contributed by atoms with Crippen LogP contribution in [-0.2, 0) is 0 Å². The number of aromatic carboxylic acids is 1. The van der Waals surface area contributed by atoms with Gasteiger partial charge in [-0.2, -0.15) is 0 Å². The summed E-state index contributed by atoms with van der Waals surface area (Å²) in [5, 5.41) is 12.2. The van der Waals surface area contributed by atoms with Crippen LogP contribution in [0.2, 0.25) is 0 Å². The highest BCUT2D eigenvalue weighted by molar-refractivity contribution is 5.84. The van der Waals surface area contributed by atoms with E-state index in [1.165, 1.54) is 38.2 Å². The van der Waals surface area contributed by atoms with Crippen molar-refractivity contribution < 1.29 is 14.3 Å². The Labute approximate surface area is 107 Å².